The number of carbonyl (C=O) groups is 1. The Kier molecular flexibility index (Phi) is 4.70. The van der Waals surface area contributed by atoms with E-state index in [-0.39, 0.29) is 17.9 Å². The lowest BCUT2D eigenvalue weighted by Gasteiger charge is -2.36. The molecule has 3 nitrogen and oxygen atoms in total. The largest absolute Gasteiger partial charge is 0.342 e. The smallest absolute Gasteiger partial charge is 0.227 e. The van der Waals surface area contributed by atoms with Gasteiger partial charge in [-0.2, -0.15) is 0 Å². The summed E-state index contributed by atoms with van der Waals surface area (Å²) in [6.45, 7) is 3.40. The summed E-state index contributed by atoms with van der Waals surface area (Å²) in [6, 6.07) is 4.35. The van der Waals surface area contributed by atoms with Gasteiger partial charge in [0.15, 0.2) is 11.6 Å². The zero-order valence-electron chi connectivity index (χ0n) is 11.8. The maximum atomic E-state index is 13.6. The molecule has 2 atom stereocenters. The molecule has 1 aliphatic heterocycles. The molecule has 5 heteroatoms. The van der Waals surface area contributed by atoms with Gasteiger partial charge in [-0.1, -0.05) is 19.1 Å². The number of rotatable bonds is 3. The molecule has 0 aromatic heterocycles. The zero-order chi connectivity index (χ0) is 14.7. The second-order valence-electron chi connectivity index (χ2n) is 5.39. The maximum absolute atomic E-state index is 13.6. The molecule has 1 aromatic carbocycles. The molecule has 20 heavy (non-hydrogen) atoms. The van der Waals surface area contributed by atoms with Crippen molar-refractivity contribution in [1.29, 1.82) is 0 Å². The molecule has 2 rings (SSSR count). The fourth-order valence-corrected chi connectivity index (χ4v) is 2.76. The Bertz CT molecular complexity index is 493. The third kappa shape index (κ3) is 3.15. The molecule has 0 spiro atoms. The van der Waals surface area contributed by atoms with E-state index < -0.39 is 11.6 Å². The summed E-state index contributed by atoms with van der Waals surface area (Å²) in [5.41, 5.74) is 0.124. The average Bonchev–Trinajstić information content (AvgIpc) is 2.43. The van der Waals surface area contributed by atoms with E-state index in [9.17, 15) is 13.6 Å². The van der Waals surface area contributed by atoms with Crippen LogP contribution in [0.1, 0.15) is 18.9 Å². The summed E-state index contributed by atoms with van der Waals surface area (Å²) in [5, 5.41) is 3.23. The standard InChI is InChI=1S/C15H20F2N2O/c1-10-9-19(7-6-13(10)18-2)14(20)8-11-4-3-5-12(16)15(11)17/h3-5,10,13,18H,6-9H2,1-2H3. The second-order valence-corrected chi connectivity index (χ2v) is 5.39. The third-order valence-electron chi connectivity index (χ3n) is 4.00. The molecule has 0 radical (unpaired) electrons. The Labute approximate surface area is 118 Å². The highest BCUT2D eigenvalue weighted by molar-refractivity contribution is 5.79. The van der Waals surface area contributed by atoms with Crippen LogP contribution in [0.15, 0.2) is 18.2 Å². The number of hydrogen-bond donors (Lipinski definition) is 1. The van der Waals surface area contributed by atoms with Crippen molar-refractivity contribution in [2.24, 2.45) is 5.92 Å². The van der Waals surface area contributed by atoms with Gasteiger partial charge in [-0.05, 0) is 25.5 Å². The van der Waals surface area contributed by atoms with Crippen LogP contribution in [-0.2, 0) is 11.2 Å². The number of hydrogen-bond acceptors (Lipinski definition) is 2. The van der Waals surface area contributed by atoms with Gasteiger partial charge in [0.05, 0.1) is 6.42 Å². The van der Waals surface area contributed by atoms with Crippen molar-refractivity contribution >= 4 is 5.91 Å². The fourth-order valence-electron chi connectivity index (χ4n) is 2.76. The van der Waals surface area contributed by atoms with Gasteiger partial charge in [-0.3, -0.25) is 4.79 Å². The molecule has 1 aliphatic rings. The summed E-state index contributed by atoms with van der Waals surface area (Å²) in [4.78, 5) is 13.9. The molecule has 1 amide bonds. The number of nitrogens with one attached hydrogen (secondary N) is 1. The van der Waals surface area contributed by atoms with Crippen LogP contribution in [0.3, 0.4) is 0 Å². The molecule has 1 saturated heterocycles. The first kappa shape index (κ1) is 14.9. The van der Waals surface area contributed by atoms with Crippen molar-refractivity contribution in [1.82, 2.24) is 10.2 Å². The fraction of sp³-hybridized carbons (Fsp3) is 0.533. The minimum atomic E-state index is -0.918. The van der Waals surface area contributed by atoms with Gasteiger partial charge in [0, 0.05) is 24.7 Å². The van der Waals surface area contributed by atoms with Gasteiger partial charge in [0.2, 0.25) is 5.91 Å². The van der Waals surface area contributed by atoms with Crippen molar-refractivity contribution in [3.63, 3.8) is 0 Å². The molecule has 0 aliphatic carbocycles. The maximum Gasteiger partial charge on any atom is 0.227 e. The summed E-state index contributed by atoms with van der Waals surface area (Å²) in [7, 11) is 1.92. The minimum absolute atomic E-state index is 0.0828. The first-order valence-corrected chi connectivity index (χ1v) is 6.91. The van der Waals surface area contributed by atoms with Gasteiger partial charge >= 0.3 is 0 Å². The summed E-state index contributed by atoms with van der Waals surface area (Å²) < 4.78 is 26.7. The average molecular weight is 282 g/mol. The van der Waals surface area contributed by atoms with Crippen LogP contribution >= 0.6 is 0 Å². The summed E-state index contributed by atoms with van der Waals surface area (Å²) >= 11 is 0. The number of benzene rings is 1. The molecule has 1 heterocycles. The predicted octanol–water partition coefficient (Wildman–Crippen LogP) is 1.96. The van der Waals surface area contributed by atoms with Crippen LogP contribution in [0, 0.1) is 17.6 Å². The van der Waals surface area contributed by atoms with Gasteiger partial charge in [0.1, 0.15) is 0 Å². The van der Waals surface area contributed by atoms with Gasteiger partial charge in [0.25, 0.3) is 0 Å². The van der Waals surface area contributed by atoms with Crippen molar-refractivity contribution in [2.75, 3.05) is 20.1 Å². The van der Waals surface area contributed by atoms with Gasteiger partial charge < -0.3 is 10.2 Å². The lowest BCUT2D eigenvalue weighted by molar-refractivity contribution is -0.132. The number of nitrogens with zero attached hydrogens (tertiary/aromatic N) is 1. The monoisotopic (exact) mass is 282 g/mol. The van der Waals surface area contributed by atoms with Crippen LogP contribution in [0.25, 0.3) is 0 Å². The van der Waals surface area contributed by atoms with E-state index in [1.807, 2.05) is 7.05 Å². The molecular formula is C15H20F2N2O. The normalized spacial score (nSPS) is 22.9. The highest BCUT2D eigenvalue weighted by Crippen LogP contribution is 2.19. The Balaban J connectivity index is 2.01. The SMILES string of the molecule is CNC1CCN(C(=O)Cc2cccc(F)c2F)CC1C. The molecule has 0 bridgehead atoms. The van der Waals surface area contributed by atoms with Crippen LogP contribution < -0.4 is 5.32 Å². The van der Waals surface area contributed by atoms with Gasteiger partial charge in [-0.15, -0.1) is 0 Å². The summed E-state index contributed by atoms with van der Waals surface area (Å²) in [5.74, 6) is -1.61. The van der Waals surface area contributed by atoms with Crippen molar-refractivity contribution in [3.05, 3.63) is 35.4 Å². The molecule has 110 valence electrons. The summed E-state index contributed by atoms with van der Waals surface area (Å²) in [6.07, 6.45) is 0.801. The van der Waals surface area contributed by atoms with Crippen LogP contribution in [0.4, 0.5) is 8.78 Å². The van der Waals surface area contributed by atoms with Crippen LogP contribution in [0.5, 0.6) is 0 Å². The number of likely N-dealkylation sites (tertiary alicyclic amines) is 1. The number of halogens is 2. The predicted molar refractivity (Wildman–Crippen MR) is 73.3 cm³/mol. The highest BCUT2D eigenvalue weighted by atomic mass is 19.2. The van der Waals surface area contributed by atoms with Crippen molar-refractivity contribution in [2.45, 2.75) is 25.8 Å². The molecule has 1 N–H and O–H groups in total. The number of carbonyl (C=O) groups excluding carboxylic acids is 1. The number of piperidine rings is 1. The van der Waals surface area contributed by atoms with E-state index in [1.54, 1.807) is 4.90 Å². The van der Waals surface area contributed by atoms with E-state index in [0.29, 0.717) is 25.0 Å². The molecule has 0 saturated carbocycles. The van der Waals surface area contributed by atoms with E-state index >= 15 is 0 Å². The highest BCUT2D eigenvalue weighted by Gasteiger charge is 2.28. The topological polar surface area (TPSA) is 32.3 Å². The van der Waals surface area contributed by atoms with E-state index in [2.05, 4.69) is 12.2 Å². The first-order chi connectivity index (χ1) is 9.52. The lowest BCUT2D eigenvalue weighted by Crippen LogP contribution is -2.49. The second kappa shape index (κ2) is 6.31. The minimum Gasteiger partial charge on any atom is -0.342 e. The Morgan fingerprint density at radius 2 is 2.20 bits per heavy atom. The molecular weight excluding hydrogens is 262 g/mol. The molecule has 1 aromatic rings. The molecule has 1 fully saturated rings. The molecule has 2 unspecified atom stereocenters. The van der Waals surface area contributed by atoms with E-state index in [1.165, 1.54) is 12.1 Å². The Morgan fingerprint density at radius 3 is 2.85 bits per heavy atom. The third-order valence-corrected chi connectivity index (χ3v) is 4.00. The van der Waals surface area contributed by atoms with E-state index in [0.717, 1.165) is 12.5 Å². The number of amides is 1. The first-order valence-electron chi connectivity index (χ1n) is 6.91. The Morgan fingerprint density at radius 1 is 1.45 bits per heavy atom. The Hall–Kier alpha value is -1.49. The van der Waals surface area contributed by atoms with Gasteiger partial charge in [-0.25, -0.2) is 8.78 Å². The zero-order valence-corrected chi connectivity index (χ0v) is 11.8. The quantitative estimate of drug-likeness (QED) is 0.919. The lowest BCUT2D eigenvalue weighted by atomic mass is 9.93. The van der Waals surface area contributed by atoms with E-state index in [4.69, 9.17) is 0 Å². The van der Waals surface area contributed by atoms with Crippen LogP contribution in [-0.4, -0.2) is 37.0 Å². The van der Waals surface area contributed by atoms with Crippen molar-refractivity contribution < 1.29 is 13.6 Å². The van der Waals surface area contributed by atoms with Crippen molar-refractivity contribution in [3.8, 4) is 0 Å². The van der Waals surface area contributed by atoms with Crippen LogP contribution in [0.2, 0.25) is 0 Å².